The van der Waals surface area contributed by atoms with Gasteiger partial charge in [-0.15, -0.1) is 0 Å². The van der Waals surface area contributed by atoms with Gasteiger partial charge >= 0.3 is 0 Å². The molecule has 2 aliphatic heterocycles. The van der Waals surface area contributed by atoms with E-state index in [-0.39, 0.29) is 12.1 Å². The zero-order valence-electron chi connectivity index (χ0n) is 19.4. The fraction of sp³-hybridized carbons (Fsp3) is 0.385. The number of aliphatic imine (C=N–C) groups is 1. The van der Waals surface area contributed by atoms with Crippen LogP contribution in [0.2, 0.25) is 0 Å². The van der Waals surface area contributed by atoms with E-state index in [1.165, 1.54) is 27.7 Å². The molecular formula is C26H30N4OS. The summed E-state index contributed by atoms with van der Waals surface area (Å²) in [6.45, 7) is 9.01. The summed E-state index contributed by atoms with van der Waals surface area (Å²) in [6, 6.07) is 15.2. The summed E-state index contributed by atoms with van der Waals surface area (Å²) in [5.74, 6) is 1.98. The van der Waals surface area contributed by atoms with Crippen molar-refractivity contribution < 1.29 is 4.74 Å². The lowest BCUT2D eigenvalue weighted by Crippen LogP contribution is -2.35. The average molecular weight is 447 g/mol. The molecule has 1 aromatic carbocycles. The van der Waals surface area contributed by atoms with Crippen molar-refractivity contribution >= 4 is 16.9 Å². The van der Waals surface area contributed by atoms with Gasteiger partial charge in [0.1, 0.15) is 11.8 Å². The Hall–Kier alpha value is -2.73. The predicted molar refractivity (Wildman–Crippen MR) is 132 cm³/mol. The van der Waals surface area contributed by atoms with Gasteiger partial charge in [-0.3, -0.25) is 9.98 Å². The van der Waals surface area contributed by atoms with Gasteiger partial charge in [-0.05, 0) is 69.2 Å². The molecule has 0 saturated carbocycles. The third kappa shape index (κ3) is 3.24. The van der Waals surface area contributed by atoms with Crippen molar-refractivity contribution in [1.29, 1.82) is 0 Å². The van der Waals surface area contributed by atoms with E-state index in [1.54, 1.807) is 7.11 Å². The molecule has 0 aliphatic carbocycles. The summed E-state index contributed by atoms with van der Waals surface area (Å²) in [5, 5.41) is 1.17. The predicted octanol–water partition coefficient (Wildman–Crippen LogP) is 5.79. The van der Waals surface area contributed by atoms with Crippen LogP contribution in [0.15, 0.2) is 53.7 Å². The molecule has 0 bridgehead atoms. The summed E-state index contributed by atoms with van der Waals surface area (Å²) < 4.78 is 7.75. The van der Waals surface area contributed by atoms with E-state index >= 15 is 0 Å². The number of aromatic nitrogens is 2. The van der Waals surface area contributed by atoms with Gasteiger partial charge in [0.15, 0.2) is 5.17 Å². The Balaban J connectivity index is 1.66. The van der Waals surface area contributed by atoms with Gasteiger partial charge in [0.25, 0.3) is 0 Å². The van der Waals surface area contributed by atoms with Crippen LogP contribution in [0.4, 0.5) is 0 Å². The molecule has 0 spiro atoms. The third-order valence-electron chi connectivity index (χ3n) is 6.96. The number of amidine groups is 1. The minimum Gasteiger partial charge on any atom is -0.497 e. The monoisotopic (exact) mass is 446 g/mol. The van der Waals surface area contributed by atoms with Crippen LogP contribution < -0.4 is 4.74 Å². The Morgan fingerprint density at radius 2 is 1.84 bits per heavy atom. The lowest BCUT2D eigenvalue weighted by atomic mass is 9.92. The van der Waals surface area contributed by atoms with Crippen molar-refractivity contribution in [2.75, 3.05) is 12.9 Å². The van der Waals surface area contributed by atoms with Gasteiger partial charge in [-0.2, -0.15) is 0 Å². The molecule has 166 valence electrons. The van der Waals surface area contributed by atoms with Gasteiger partial charge in [0.2, 0.25) is 0 Å². The van der Waals surface area contributed by atoms with Crippen LogP contribution in [0, 0.1) is 20.8 Å². The van der Waals surface area contributed by atoms with Crippen molar-refractivity contribution in [2.24, 2.45) is 4.99 Å². The van der Waals surface area contributed by atoms with Gasteiger partial charge in [-0.1, -0.05) is 24.8 Å². The molecule has 2 aliphatic rings. The van der Waals surface area contributed by atoms with Gasteiger partial charge < -0.3 is 14.2 Å². The Kier molecular flexibility index (Phi) is 5.49. The molecule has 5 rings (SSSR count). The van der Waals surface area contributed by atoms with Crippen LogP contribution in [-0.2, 0) is 0 Å². The number of rotatable bonds is 5. The first-order chi connectivity index (χ1) is 15.5. The maximum Gasteiger partial charge on any atom is 0.160 e. The first kappa shape index (κ1) is 21.1. The van der Waals surface area contributed by atoms with Crippen LogP contribution in [-0.4, -0.2) is 38.5 Å². The third-order valence-corrected chi connectivity index (χ3v) is 8.09. The standard InChI is InChI=1S/C26H30N4OS/c1-6-19-15-32-26-28-24(22-9-7-8-14-27-22)25(30(19)26)23-16(2)17(3)29(18(23)4)20-10-12-21(31-5)13-11-20/h7-14,19,24-25H,6,15H2,1-5H3/t19-,24+,25+/m1/s1. The Bertz CT molecular complexity index is 1150. The number of methoxy groups -OCH3 is 1. The highest BCUT2D eigenvalue weighted by Crippen LogP contribution is 2.50. The highest BCUT2D eigenvalue weighted by molar-refractivity contribution is 8.14. The number of ether oxygens (including phenoxy) is 1. The fourth-order valence-corrected chi connectivity index (χ4v) is 6.56. The molecule has 32 heavy (non-hydrogen) atoms. The molecule has 3 aromatic rings. The number of pyridine rings is 1. The SMILES string of the molecule is CC[C@@H]1CSC2=N[C@@H](c3ccccn3)[C@H](c3c(C)c(C)n(-c4ccc(OC)cc4)c3C)N21. The van der Waals surface area contributed by atoms with Crippen LogP contribution in [0.5, 0.6) is 5.75 Å². The molecule has 1 fully saturated rings. The Labute approximate surface area is 194 Å². The summed E-state index contributed by atoms with van der Waals surface area (Å²) in [5.41, 5.74) is 7.48. The summed E-state index contributed by atoms with van der Waals surface area (Å²) in [6.07, 6.45) is 3.00. The molecule has 0 unspecified atom stereocenters. The molecule has 6 heteroatoms. The lowest BCUT2D eigenvalue weighted by Gasteiger charge is -2.32. The number of hydrogen-bond donors (Lipinski definition) is 0. The van der Waals surface area contributed by atoms with E-state index in [2.05, 4.69) is 61.4 Å². The van der Waals surface area contributed by atoms with E-state index in [1.807, 2.05) is 36.2 Å². The smallest absolute Gasteiger partial charge is 0.160 e. The first-order valence-electron chi connectivity index (χ1n) is 11.3. The molecule has 5 nitrogen and oxygen atoms in total. The molecule has 0 amide bonds. The molecule has 0 radical (unpaired) electrons. The Morgan fingerprint density at radius 1 is 1.06 bits per heavy atom. The quantitative estimate of drug-likeness (QED) is 0.498. The summed E-state index contributed by atoms with van der Waals surface area (Å²) >= 11 is 1.89. The number of benzene rings is 1. The molecule has 4 heterocycles. The highest BCUT2D eigenvalue weighted by Gasteiger charge is 2.47. The zero-order valence-corrected chi connectivity index (χ0v) is 20.2. The normalized spacial score (nSPS) is 22.2. The number of nitrogens with zero attached hydrogens (tertiary/aromatic N) is 4. The van der Waals surface area contributed by atoms with Crippen molar-refractivity contribution in [3.63, 3.8) is 0 Å². The van der Waals surface area contributed by atoms with Crippen molar-refractivity contribution in [3.05, 3.63) is 76.9 Å². The van der Waals surface area contributed by atoms with Crippen LogP contribution in [0.1, 0.15) is 53.6 Å². The topological polar surface area (TPSA) is 42.6 Å². The summed E-state index contributed by atoms with van der Waals surface area (Å²) in [4.78, 5) is 12.5. The van der Waals surface area contributed by atoms with Gasteiger partial charge in [-0.25, -0.2) is 0 Å². The fourth-order valence-electron chi connectivity index (χ4n) is 5.22. The highest BCUT2D eigenvalue weighted by atomic mass is 32.2. The number of hydrogen-bond acceptors (Lipinski definition) is 5. The maximum absolute atomic E-state index is 5.37. The van der Waals surface area contributed by atoms with Crippen molar-refractivity contribution in [3.8, 4) is 11.4 Å². The second-order valence-electron chi connectivity index (χ2n) is 8.58. The molecular weight excluding hydrogens is 416 g/mol. The Morgan fingerprint density at radius 3 is 2.50 bits per heavy atom. The maximum atomic E-state index is 5.37. The molecule has 3 atom stereocenters. The van der Waals surface area contributed by atoms with Crippen LogP contribution >= 0.6 is 11.8 Å². The molecule has 1 saturated heterocycles. The minimum atomic E-state index is 0.0107. The van der Waals surface area contributed by atoms with E-state index in [0.29, 0.717) is 6.04 Å². The van der Waals surface area contributed by atoms with E-state index in [4.69, 9.17) is 14.7 Å². The van der Waals surface area contributed by atoms with Crippen molar-refractivity contribution in [2.45, 2.75) is 52.2 Å². The minimum absolute atomic E-state index is 0.0107. The number of thioether (sulfide) groups is 1. The second kappa shape index (κ2) is 8.32. The van der Waals surface area contributed by atoms with Crippen LogP contribution in [0.3, 0.4) is 0 Å². The van der Waals surface area contributed by atoms with Gasteiger partial charge in [0.05, 0.1) is 18.8 Å². The largest absolute Gasteiger partial charge is 0.497 e. The first-order valence-corrected chi connectivity index (χ1v) is 12.3. The second-order valence-corrected chi connectivity index (χ2v) is 9.57. The van der Waals surface area contributed by atoms with Gasteiger partial charge in [0, 0.05) is 40.6 Å². The lowest BCUT2D eigenvalue weighted by molar-refractivity contribution is 0.254. The van der Waals surface area contributed by atoms with E-state index < -0.39 is 0 Å². The van der Waals surface area contributed by atoms with Crippen molar-refractivity contribution in [1.82, 2.24) is 14.5 Å². The number of fused-ring (bicyclic) bond motifs is 1. The molecule has 2 aromatic heterocycles. The average Bonchev–Trinajstić information content (AvgIpc) is 3.46. The summed E-state index contributed by atoms with van der Waals surface area (Å²) in [7, 11) is 1.71. The van der Waals surface area contributed by atoms with E-state index in [9.17, 15) is 0 Å². The van der Waals surface area contributed by atoms with Crippen LogP contribution in [0.25, 0.3) is 5.69 Å². The van der Waals surface area contributed by atoms with E-state index in [0.717, 1.165) is 29.3 Å². The zero-order chi connectivity index (χ0) is 22.4. The molecule has 0 N–H and O–H groups in total.